The molecule has 0 aliphatic heterocycles. The summed E-state index contributed by atoms with van der Waals surface area (Å²) in [7, 11) is -2.98. The molecule has 96 valence electrons. The molecule has 0 amide bonds. The van der Waals surface area contributed by atoms with Crippen LogP contribution in [0.4, 0.5) is 5.82 Å². The van der Waals surface area contributed by atoms with Crippen LogP contribution in [0.3, 0.4) is 0 Å². The number of pyridine rings is 1. The zero-order valence-corrected chi connectivity index (χ0v) is 11.2. The molecule has 0 fully saturated rings. The smallest absolute Gasteiger partial charge is 0.149 e. The molecule has 0 saturated heterocycles. The van der Waals surface area contributed by atoms with E-state index in [2.05, 4.69) is 10.3 Å². The average molecular weight is 264 g/mol. The first-order valence-electron chi connectivity index (χ1n) is 5.74. The first kappa shape index (κ1) is 12.8. The second kappa shape index (κ2) is 4.94. The van der Waals surface area contributed by atoms with Gasteiger partial charge in [-0.1, -0.05) is 18.2 Å². The van der Waals surface area contributed by atoms with Crippen molar-refractivity contribution in [3.8, 4) is 0 Å². The number of sulfone groups is 1. The molecule has 1 N–H and O–H groups in total. The summed E-state index contributed by atoms with van der Waals surface area (Å²) >= 11 is 0. The SMILES string of the molecule is CC(CS(C)(=O)=O)Nc1ccc2ccccc2n1. The number of para-hydroxylation sites is 1. The van der Waals surface area contributed by atoms with Crippen LogP contribution in [0, 0.1) is 0 Å². The third-order valence-corrected chi connectivity index (χ3v) is 3.65. The number of nitrogens with zero attached hydrogens (tertiary/aromatic N) is 1. The van der Waals surface area contributed by atoms with Crippen molar-refractivity contribution in [3.63, 3.8) is 0 Å². The van der Waals surface area contributed by atoms with Gasteiger partial charge in [0.1, 0.15) is 15.7 Å². The van der Waals surface area contributed by atoms with Crippen LogP contribution in [-0.4, -0.2) is 31.5 Å². The van der Waals surface area contributed by atoms with Gasteiger partial charge in [-0.3, -0.25) is 0 Å². The van der Waals surface area contributed by atoms with Gasteiger partial charge in [0.2, 0.25) is 0 Å². The molecule has 5 heteroatoms. The summed E-state index contributed by atoms with van der Waals surface area (Å²) in [6.07, 6.45) is 1.24. The number of rotatable bonds is 4. The second-order valence-corrected chi connectivity index (χ2v) is 6.71. The van der Waals surface area contributed by atoms with E-state index in [1.54, 1.807) is 0 Å². The van der Waals surface area contributed by atoms with Gasteiger partial charge in [-0.25, -0.2) is 13.4 Å². The fourth-order valence-corrected chi connectivity index (χ4v) is 2.89. The molecule has 1 aromatic heterocycles. The van der Waals surface area contributed by atoms with E-state index in [1.807, 2.05) is 43.3 Å². The highest BCUT2D eigenvalue weighted by Gasteiger charge is 2.10. The minimum Gasteiger partial charge on any atom is -0.367 e. The Morgan fingerprint density at radius 1 is 1.22 bits per heavy atom. The van der Waals surface area contributed by atoms with Crippen molar-refractivity contribution in [3.05, 3.63) is 36.4 Å². The summed E-state index contributed by atoms with van der Waals surface area (Å²) in [5.41, 5.74) is 0.897. The summed E-state index contributed by atoms with van der Waals surface area (Å²) in [6.45, 7) is 1.83. The predicted octanol–water partition coefficient (Wildman–Crippen LogP) is 2.08. The number of hydrogen-bond donors (Lipinski definition) is 1. The number of fused-ring (bicyclic) bond motifs is 1. The summed E-state index contributed by atoms with van der Waals surface area (Å²) in [5.74, 6) is 0.798. The largest absolute Gasteiger partial charge is 0.367 e. The van der Waals surface area contributed by atoms with E-state index in [9.17, 15) is 8.42 Å². The van der Waals surface area contributed by atoms with Gasteiger partial charge in [0.25, 0.3) is 0 Å². The van der Waals surface area contributed by atoms with Crippen LogP contribution in [0.5, 0.6) is 0 Å². The summed E-state index contributed by atoms with van der Waals surface area (Å²) in [6, 6.07) is 11.5. The zero-order chi connectivity index (χ0) is 13.2. The minimum atomic E-state index is -2.98. The highest BCUT2D eigenvalue weighted by molar-refractivity contribution is 7.90. The van der Waals surface area contributed by atoms with Crippen molar-refractivity contribution in [2.45, 2.75) is 13.0 Å². The minimum absolute atomic E-state index is 0.0987. The Hall–Kier alpha value is -1.62. The van der Waals surface area contributed by atoms with Crippen molar-refractivity contribution >= 4 is 26.6 Å². The maximum Gasteiger partial charge on any atom is 0.149 e. The van der Waals surface area contributed by atoms with Crippen LogP contribution >= 0.6 is 0 Å². The Balaban J connectivity index is 2.17. The van der Waals surface area contributed by atoms with Crippen molar-refractivity contribution in [1.82, 2.24) is 4.98 Å². The molecular weight excluding hydrogens is 248 g/mol. The first-order chi connectivity index (χ1) is 8.44. The molecule has 18 heavy (non-hydrogen) atoms. The van der Waals surface area contributed by atoms with Gasteiger partial charge >= 0.3 is 0 Å². The van der Waals surface area contributed by atoms with Crippen molar-refractivity contribution in [2.75, 3.05) is 17.3 Å². The van der Waals surface area contributed by atoms with E-state index in [0.717, 1.165) is 10.9 Å². The van der Waals surface area contributed by atoms with Gasteiger partial charge in [-0.2, -0.15) is 0 Å². The Kier molecular flexibility index (Phi) is 3.52. The molecule has 4 nitrogen and oxygen atoms in total. The van der Waals surface area contributed by atoms with Crippen molar-refractivity contribution in [2.24, 2.45) is 0 Å². The quantitative estimate of drug-likeness (QED) is 0.918. The third kappa shape index (κ3) is 3.43. The lowest BCUT2D eigenvalue weighted by molar-refractivity contribution is 0.598. The highest BCUT2D eigenvalue weighted by Crippen LogP contribution is 2.15. The lowest BCUT2D eigenvalue weighted by atomic mass is 10.2. The zero-order valence-electron chi connectivity index (χ0n) is 10.4. The lowest BCUT2D eigenvalue weighted by Gasteiger charge is -2.13. The molecule has 1 atom stereocenters. The standard InChI is InChI=1S/C13H16N2O2S/c1-10(9-18(2,16)17)14-13-8-7-11-5-3-4-6-12(11)15-13/h3-8,10H,9H2,1-2H3,(H,14,15). The first-order valence-corrected chi connectivity index (χ1v) is 7.80. The van der Waals surface area contributed by atoms with E-state index in [0.29, 0.717) is 5.82 Å². The number of hydrogen-bond acceptors (Lipinski definition) is 4. The second-order valence-electron chi connectivity index (χ2n) is 4.53. The van der Waals surface area contributed by atoms with Crippen LogP contribution in [-0.2, 0) is 9.84 Å². The molecule has 2 aromatic rings. The molecule has 0 bridgehead atoms. The van der Waals surface area contributed by atoms with Gasteiger partial charge in [0.05, 0.1) is 11.3 Å². The molecule has 0 radical (unpaired) electrons. The van der Waals surface area contributed by atoms with Gasteiger partial charge < -0.3 is 5.32 Å². The maximum absolute atomic E-state index is 11.2. The molecule has 0 aliphatic carbocycles. The molecule has 1 unspecified atom stereocenters. The van der Waals surface area contributed by atoms with E-state index >= 15 is 0 Å². The molecular formula is C13H16N2O2S. The number of benzene rings is 1. The fraction of sp³-hybridized carbons (Fsp3) is 0.308. The van der Waals surface area contributed by atoms with Gasteiger partial charge in [0.15, 0.2) is 0 Å². The van der Waals surface area contributed by atoms with E-state index in [-0.39, 0.29) is 11.8 Å². The number of nitrogens with one attached hydrogen (secondary N) is 1. The Morgan fingerprint density at radius 3 is 2.67 bits per heavy atom. The Bertz CT molecular complexity index is 653. The molecule has 2 rings (SSSR count). The molecule has 1 heterocycles. The highest BCUT2D eigenvalue weighted by atomic mass is 32.2. The van der Waals surface area contributed by atoms with Crippen molar-refractivity contribution in [1.29, 1.82) is 0 Å². The summed E-state index contributed by atoms with van der Waals surface area (Å²) < 4.78 is 22.4. The Morgan fingerprint density at radius 2 is 1.94 bits per heavy atom. The van der Waals surface area contributed by atoms with E-state index < -0.39 is 9.84 Å². The van der Waals surface area contributed by atoms with Gasteiger partial charge in [0, 0.05) is 17.7 Å². The van der Waals surface area contributed by atoms with Gasteiger partial charge in [-0.05, 0) is 25.1 Å². The molecule has 1 aromatic carbocycles. The average Bonchev–Trinajstić information content (AvgIpc) is 2.26. The molecule has 0 aliphatic rings. The molecule has 0 spiro atoms. The maximum atomic E-state index is 11.2. The van der Waals surface area contributed by atoms with E-state index in [1.165, 1.54) is 6.26 Å². The lowest BCUT2D eigenvalue weighted by Crippen LogP contribution is -2.25. The van der Waals surface area contributed by atoms with E-state index in [4.69, 9.17) is 0 Å². The van der Waals surface area contributed by atoms with Crippen LogP contribution in [0.2, 0.25) is 0 Å². The Labute approximate surface area is 107 Å². The van der Waals surface area contributed by atoms with Crippen LogP contribution < -0.4 is 5.32 Å². The summed E-state index contributed by atoms with van der Waals surface area (Å²) in [5, 5.41) is 4.17. The monoisotopic (exact) mass is 264 g/mol. The predicted molar refractivity (Wildman–Crippen MR) is 74.5 cm³/mol. The topological polar surface area (TPSA) is 59.1 Å². The van der Waals surface area contributed by atoms with Crippen molar-refractivity contribution < 1.29 is 8.42 Å². The third-order valence-electron chi connectivity index (χ3n) is 2.55. The van der Waals surface area contributed by atoms with Crippen LogP contribution in [0.1, 0.15) is 6.92 Å². The fourth-order valence-electron chi connectivity index (χ4n) is 1.89. The van der Waals surface area contributed by atoms with Gasteiger partial charge in [-0.15, -0.1) is 0 Å². The van der Waals surface area contributed by atoms with Crippen LogP contribution in [0.15, 0.2) is 36.4 Å². The van der Waals surface area contributed by atoms with Crippen LogP contribution in [0.25, 0.3) is 10.9 Å². The summed E-state index contributed by atoms with van der Waals surface area (Å²) in [4.78, 5) is 4.44. The molecule has 0 saturated carbocycles. The number of anilines is 1. The number of aromatic nitrogens is 1. The normalized spacial score (nSPS) is 13.4.